The zero-order valence-electron chi connectivity index (χ0n) is 13.2. The quantitative estimate of drug-likeness (QED) is 0.654. The Kier molecular flexibility index (Phi) is 5.39. The molecule has 2 saturated carbocycles. The molecule has 0 saturated heterocycles. The Morgan fingerprint density at radius 1 is 1.18 bits per heavy atom. The van der Waals surface area contributed by atoms with Crippen LogP contribution in [-0.4, -0.2) is 71.5 Å². The number of carboxylic acid groups (broad SMARTS) is 1. The maximum Gasteiger partial charge on any atom is 0.317 e. The normalized spacial score (nSPS) is 23.8. The molecule has 124 valence electrons. The molecule has 2 aliphatic carbocycles. The summed E-state index contributed by atoms with van der Waals surface area (Å²) in [6.45, 7) is 2.42. The number of rotatable bonds is 8. The highest BCUT2D eigenvalue weighted by Gasteiger charge is 2.37. The molecule has 0 atom stereocenters. The first-order valence-corrected chi connectivity index (χ1v) is 7.82. The molecule has 0 aliphatic heterocycles. The molecule has 2 aliphatic rings. The standard InChI is InChI=1S/C15H25N3O4/c1-10(19)17(2)8-14(20)16-12-5-13(6-12)18(9-15(21)22)7-11-3-4-11/h11-13H,3-9H2,1-2H3,(H,16,20)(H,21,22). The molecule has 2 N–H and O–H groups in total. The average molecular weight is 311 g/mol. The number of amides is 2. The number of carbonyl (C=O) groups is 3. The van der Waals surface area contributed by atoms with Crippen molar-refractivity contribution in [2.24, 2.45) is 5.92 Å². The second-order valence-electron chi connectivity index (χ2n) is 6.53. The van der Waals surface area contributed by atoms with E-state index >= 15 is 0 Å². The van der Waals surface area contributed by atoms with E-state index in [1.54, 1.807) is 7.05 Å². The van der Waals surface area contributed by atoms with Gasteiger partial charge in [0.05, 0.1) is 13.1 Å². The van der Waals surface area contributed by atoms with E-state index in [0.29, 0.717) is 5.92 Å². The van der Waals surface area contributed by atoms with Gasteiger partial charge in [-0.2, -0.15) is 0 Å². The predicted octanol–water partition coefficient (Wildman–Crippen LogP) is -0.0915. The van der Waals surface area contributed by atoms with E-state index in [-0.39, 0.29) is 37.0 Å². The van der Waals surface area contributed by atoms with E-state index in [1.807, 2.05) is 4.90 Å². The van der Waals surface area contributed by atoms with Gasteiger partial charge in [-0.05, 0) is 31.6 Å². The topological polar surface area (TPSA) is 90.0 Å². The largest absolute Gasteiger partial charge is 0.480 e. The summed E-state index contributed by atoms with van der Waals surface area (Å²) in [5, 5.41) is 11.9. The molecular weight excluding hydrogens is 286 g/mol. The van der Waals surface area contributed by atoms with Crippen molar-refractivity contribution in [3.8, 4) is 0 Å². The highest BCUT2D eigenvalue weighted by Crippen LogP contribution is 2.33. The van der Waals surface area contributed by atoms with Crippen molar-refractivity contribution in [1.29, 1.82) is 0 Å². The summed E-state index contributed by atoms with van der Waals surface area (Å²) >= 11 is 0. The lowest BCUT2D eigenvalue weighted by molar-refractivity contribution is -0.140. The molecule has 0 unspecified atom stereocenters. The van der Waals surface area contributed by atoms with Crippen LogP contribution in [0.2, 0.25) is 0 Å². The Bertz CT molecular complexity index is 444. The molecular formula is C15H25N3O4. The van der Waals surface area contributed by atoms with Crippen molar-refractivity contribution in [3.63, 3.8) is 0 Å². The minimum atomic E-state index is -0.795. The third kappa shape index (κ3) is 4.98. The third-order valence-corrected chi connectivity index (χ3v) is 4.44. The lowest BCUT2D eigenvalue weighted by atomic mass is 9.85. The number of nitrogens with one attached hydrogen (secondary N) is 1. The van der Waals surface area contributed by atoms with Crippen molar-refractivity contribution in [1.82, 2.24) is 15.1 Å². The van der Waals surface area contributed by atoms with E-state index < -0.39 is 5.97 Å². The fourth-order valence-electron chi connectivity index (χ4n) is 2.75. The minimum absolute atomic E-state index is 0.0669. The molecule has 0 heterocycles. The number of hydrogen-bond acceptors (Lipinski definition) is 4. The molecule has 0 aromatic heterocycles. The number of aliphatic carboxylic acids is 1. The zero-order valence-corrected chi connectivity index (χ0v) is 13.2. The molecule has 2 fully saturated rings. The summed E-state index contributed by atoms with van der Waals surface area (Å²) in [4.78, 5) is 37.2. The Morgan fingerprint density at radius 2 is 1.82 bits per heavy atom. The van der Waals surface area contributed by atoms with E-state index in [2.05, 4.69) is 5.32 Å². The number of nitrogens with zero attached hydrogens (tertiary/aromatic N) is 2. The van der Waals surface area contributed by atoms with E-state index in [4.69, 9.17) is 5.11 Å². The van der Waals surface area contributed by atoms with Crippen LogP contribution in [0.3, 0.4) is 0 Å². The highest BCUT2D eigenvalue weighted by atomic mass is 16.4. The number of likely N-dealkylation sites (N-methyl/N-ethyl adjacent to an activating group) is 1. The number of carbonyl (C=O) groups excluding carboxylic acids is 2. The van der Waals surface area contributed by atoms with Crippen molar-refractivity contribution in [2.45, 2.75) is 44.7 Å². The molecule has 0 aromatic rings. The zero-order chi connectivity index (χ0) is 16.3. The van der Waals surface area contributed by atoms with Crippen LogP contribution in [0, 0.1) is 5.92 Å². The van der Waals surface area contributed by atoms with Crippen LogP contribution < -0.4 is 5.32 Å². The molecule has 0 aromatic carbocycles. The first-order chi connectivity index (χ1) is 10.3. The first-order valence-electron chi connectivity index (χ1n) is 7.82. The lowest BCUT2D eigenvalue weighted by Gasteiger charge is -2.42. The van der Waals surface area contributed by atoms with Crippen LogP contribution in [0.15, 0.2) is 0 Å². The van der Waals surface area contributed by atoms with Gasteiger partial charge < -0.3 is 15.3 Å². The monoisotopic (exact) mass is 311 g/mol. The van der Waals surface area contributed by atoms with Crippen LogP contribution in [0.1, 0.15) is 32.6 Å². The molecule has 0 bridgehead atoms. The second kappa shape index (κ2) is 7.09. The van der Waals surface area contributed by atoms with Crippen molar-refractivity contribution in [2.75, 3.05) is 26.7 Å². The maximum atomic E-state index is 11.8. The van der Waals surface area contributed by atoms with Crippen LogP contribution in [0.25, 0.3) is 0 Å². The summed E-state index contributed by atoms with van der Waals surface area (Å²) in [6, 6.07) is 0.334. The van der Waals surface area contributed by atoms with Crippen molar-refractivity contribution < 1.29 is 19.5 Å². The van der Waals surface area contributed by atoms with E-state index in [0.717, 1.165) is 19.4 Å². The van der Waals surface area contributed by atoms with Crippen LogP contribution in [-0.2, 0) is 14.4 Å². The molecule has 0 radical (unpaired) electrons. The Balaban J connectivity index is 1.71. The van der Waals surface area contributed by atoms with Gasteiger partial charge in [-0.3, -0.25) is 19.3 Å². The molecule has 2 rings (SSSR count). The van der Waals surface area contributed by atoms with Gasteiger partial charge in [-0.25, -0.2) is 0 Å². The average Bonchev–Trinajstić information content (AvgIpc) is 3.15. The number of hydrogen-bond donors (Lipinski definition) is 2. The molecule has 2 amide bonds. The van der Waals surface area contributed by atoms with Crippen molar-refractivity contribution >= 4 is 17.8 Å². The van der Waals surface area contributed by atoms with Gasteiger partial charge in [-0.1, -0.05) is 0 Å². The summed E-state index contributed by atoms with van der Waals surface area (Å²) in [7, 11) is 1.59. The van der Waals surface area contributed by atoms with Gasteiger partial charge in [0.25, 0.3) is 0 Å². The SMILES string of the molecule is CC(=O)N(C)CC(=O)NC1CC(N(CC(=O)O)CC2CC2)C1. The Labute approximate surface area is 130 Å². The summed E-state index contributed by atoms with van der Waals surface area (Å²) in [5.41, 5.74) is 0. The highest BCUT2D eigenvalue weighted by molar-refractivity contribution is 5.83. The van der Waals surface area contributed by atoms with Gasteiger partial charge in [-0.15, -0.1) is 0 Å². The minimum Gasteiger partial charge on any atom is -0.480 e. The Morgan fingerprint density at radius 3 is 2.32 bits per heavy atom. The third-order valence-electron chi connectivity index (χ3n) is 4.44. The van der Waals surface area contributed by atoms with E-state index in [1.165, 1.54) is 24.7 Å². The van der Waals surface area contributed by atoms with Gasteiger partial charge in [0.2, 0.25) is 11.8 Å². The Hall–Kier alpha value is -1.63. The van der Waals surface area contributed by atoms with Gasteiger partial charge in [0, 0.05) is 32.6 Å². The van der Waals surface area contributed by atoms with Crippen LogP contribution in [0.5, 0.6) is 0 Å². The fraction of sp³-hybridized carbons (Fsp3) is 0.800. The maximum absolute atomic E-state index is 11.8. The molecule has 7 nitrogen and oxygen atoms in total. The summed E-state index contributed by atoms with van der Waals surface area (Å²) < 4.78 is 0. The van der Waals surface area contributed by atoms with Gasteiger partial charge in [0.1, 0.15) is 0 Å². The van der Waals surface area contributed by atoms with Crippen molar-refractivity contribution in [3.05, 3.63) is 0 Å². The first kappa shape index (κ1) is 16.7. The molecule has 22 heavy (non-hydrogen) atoms. The summed E-state index contributed by atoms with van der Waals surface area (Å²) in [5.74, 6) is -0.444. The molecule has 7 heteroatoms. The smallest absolute Gasteiger partial charge is 0.317 e. The van der Waals surface area contributed by atoms with Gasteiger partial charge in [0.15, 0.2) is 0 Å². The summed E-state index contributed by atoms with van der Waals surface area (Å²) in [6.07, 6.45) is 3.96. The second-order valence-corrected chi connectivity index (χ2v) is 6.53. The van der Waals surface area contributed by atoms with Gasteiger partial charge >= 0.3 is 5.97 Å². The molecule has 0 spiro atoms. The lowest BCUT2D eigenvalue weighted by Crippen LogP contribution is -2.56. The predicted molar refractivity (Wildman–Crippen MR) is 80.2 cm³/mol. The van der Waals surface area contributed by atoms with Crippen LogP contribution >= 0.6 is 0 Å². The fourth-order valence-corrected chi connectivity index (χ4v) is 2.75. The van der Waals surface area contributed by atoms with Crippen LogP contribution in [0.4, 0.5) is 0 Å². The number of carboxylic acids is 1. The van der Waals surface area contributed by atoms with E-state index in [9.17, 15) is 14.4 Å².